The van der Waals surface area contributed by atoms with Gasteiger partial charge in [-0.05, 0) is 30.3 Å². The number of hydrogen-bond donors (Lipinski definition) is 0. The smallest absolute Gasteiger partial charge is 0.160 e. The summed E-state index contributed by atoms with van der Waals surface area (Å²) in [6.07, 6.45) is 0. The topological polar surface area (TPSA) is 23.0 Å². The van der Waals surface area contributed by atoms with Crippen LogP contribution in [0.15, 0.2) is 108 Å². The van der Waals surface area contributed by atoms with Crippen LogP contribution in [0.25, 0.3) is 71.2 Å². The Morgan fingerprint density at radius 1 is 0.500 bits per heavy atom. The van der Waals surface area contributed by atoms with Crippen LogP contribution in [0.1, 0.15) is 0 Å². The van der Waals surface area contributed by atoms with E-state index < -0.39 is 0 Å². The maximum absolute atomic E-state index is 6.53. The summed E-state index contributed by atoms with van der Waals surface area (Å²) in [7, 11) is 2.17. The highest BCUT2D eigenvalue weighted by molar-refractivity contribution is 6.22. The molecule has 0 atom stereocenters. The van der Waals surface area contributed by atoms with Crippen molar-refractivity contribution in [2.24, 2.45) is 7.05 Å². The molecule has 0 bridgehead atoms. The Bertz CT molecular complexity index is 2080. The van der Waals surface area contributed by atoms with E-state index in [-0.39, 0.29) is 0 Å². The SMILES string of the molecule is Cn1c2ccccc2c2cccc(-n3c4ccccc4c4ccc5c6ccccc6oc5c43)c21. The third-order valence-corrected chi connectivity index (χ3v) is 7.33. The lowest BCUT2D eigenvalue weighted by Gasteiger charge is -2.11. The minimum Gasteiger partial charge on any atom is -0.454 e. The molecule has 0 aliphatic rings. The molecule has 0 saturated heterocycles. The van der Waals surface area contributed by atoms with Crippen molar-refractivity contribution in [2.75, 3.05) is 0 Å². The molecule has 3 heteroatoms. The molecule has 0 unspecified atom stereocenters. The third kappa shape index (κ3) is 2.12. The first kappa shape index (κ1) is 18.0. The van der Waals surface area contributed by atoms with Gasteiger partial charge in [0.2, 0.25) is 0 Å². The molecular formula is C31H20N2O. The first-order valence-electron chi connectivity index (χ1n) is 11.6. The van der Waals surface area contributed by atoms with Gasteiger partial charge in [-0.2, -0.15) is 0 Å². The van der Waals surface area contributed by atoms with Crippen LogP contribution in [-0.2, 0) is 7.05 Å². The Morgan fingerprint density at radius 2 is 1.12 bits per heavy atom. The number of benzene rings is 5. The second-order valence-corrected chi connectivity index (χ2v) is 9.04. The zero-order valence-corrected chi connectivity index (χ0v) is 18.6. The van der Waals surface area contributed by atoms with Crippen LogP contribution < -0.4 is 0 Å². The van der Waals surface area contributed by atoms with E-state index in [0.29, 0.717) is 0 Å². The van der Waals surface area contributed by atoms with Crippen molar-refractivity contribution in [3.05, 3.63) is 103 Å². The lowest BCUT2D eigenvalue weighted by molar-refractivity contribution is 0.671. The van der Waals surface area contributed by atoms with E-state index in [0.717, 1.165) is 33.1 Å². The molecule has 0 aliphatic heterocycles. The van der Waals surface area contributed by atoms with Crippen LogP contribution in [0.5, 0.6) is 0 Å². The van der Waals surface area contributed by atoms with Gasteiger partial charge in [-0.3, -0.25) is 0 Å². The second kappa shape index (κ2) is 6.30. The normalized spacial score (nSPS) is 12.3. The maximum Gasteiger partial charge on any atom is 0.160 e. The zero-order valence-electron chi connectivity index (χ0n) is 18.6. The molecule has 0 aliphatic carbocycles. The summed E-state index contributed by atoms with van der Waals surface area (Å²) in [4.78, 5) is 0. The molecule has 3 nitrogen and oxygen atoms in total. The third-order valence-electron chi connectivity index (χ3n) is 7.33. The largest absolute Gasteiger partial charge is 0.454 e. The van der Waals surface area contributed by atoms with E-state index in [4.69, 9.17) is 4.42 Å². The number of nitrogens with zero attached hydrogens (tertiary/aromatic N) is 2. The van der Waals surface area contributed by atoms with Crippen molar-refractivity contribution < 1.29 is 4.42 Å². The second-order valence-electron chi connectivity index (χ2n) is 9.04. The zero-order chi connectivity index (χ0) is 22.4. The molecule has 0 spiro atoms. The molecule has 0 fully saturated rings. The summed E-state index contributed by atoms with van der Waals surface area (Å²) >= 11 is 0. The van der Waals surface area contributed by atoms with Gasteiger partial charge in [0.1, 0.15) is 5.58 Å². The standard InChI is InChI=1S/C31H20N2O/c1-32-25-13-5-2-9-19(25)22-12-8-15-27(29(22)32)33-26-14-6-3-10-20(26)23-17-18-24-21-11-4-7-16-28(21)34-31(24)30(23)33/h2-18H,1H3. The fraction of sp³-hybridized carbons (Fsp3) is 0.0323. The maximum atomic E-state index is 6.53. The summed E-state index contributed by atoms with van der Waals surface area (Å²) in [5, 5.41) is 7.28. The van der Waals surface area contributed by atoms with Crippen LogP contribution in [-0.4, -0.2) is 9.13 Å². The predicted molar refractivity (Wildman–Crippen MR) is 142 cm³/mol. The molecule has 8 rings (SSSR count). The Labute approximate surface area is 195 Å². The lowest BCUT2D eigenvalue weighted by Crippen LogP contribution is -1.98. The number of aromatic nitrogens is 2. The van der Waals surface area contributed by atoms with E-state index in [1.54, 1.807) is 0 Å². The van der Waals surface area contributed by atoms with Crippen molar-refractivity contribution in [1.82, 2.24) is 9.13 Å². The van der Waals surface area contributed by atoms with E-state index >= 15 is 0 Å². The molecular weight excluding hydrogens is 416 g/mol. The number of hydrogen-bond acceptors (Lipinski definition) is 1. The highest BCUT2D eigenvalue weighted by atomic mass is 16.3. The average Bonchev–Trinajstić information content (AvgIpc) is 3.52. The Morgan fingerprint density at radius 3 is 1.97 bits per heavy atom. The average molecular weight is 437 g/mol. The van der Waals surface area contributed by atoms with Crippen molar-refractivity contribution in [1.29, 1.82) is 0 Å². The van der Waals surface area contributed by atoms with Crippen molar-refractivity contribution in [3.8, 4) is 5.69 Å². The van der Waals surface area contributed by atoms with Crippen LogP contribution in [0, 0.1) is 0 Å². The quantitative estimate of drug-likeness (QED) is 0.254. The molecule has 0 N–H and O–H groups in total. The van der Waals surface area contributed by atoms with Gasteiger partial charge >= 0.3 is 0 Å². The minimum absolute atomic E-state index is 0.921. The molecule has 3 heterocycles. The number of rotatable bonds is 1. The van der Waals surface area contributed by atoms with E-state index in [2.05, 4.69) is 113 Å². The molecule has 160 valence electrons. The molecule has 0 saturated carbocycles. The van der Waals surface area contributed by atoms with Crippen molar-refractivity contribution in [3.63, 3.8) is 0 Å². The number of furan rings is 1. The van der Waals surface area contributed by atoms with Crippen LogP contribution in [0.2, 0.25) is 0 Å². The van der Waals surface area contributed by atoms with Crippen molar-refractivity contribution in [2.45, 2.75) is 0 Å². The van der Waals surface area contributed by atoms with Gasteiger partial charge in [-0.25, -0.2) is 0 Å². The van der Waals surface area contributed by atoms with E-state index in [1.165, 1.54) is 38.1 Å². The summed E-state index contributed by atoms with van der Waals surface area (Å²) in [6, 6.07) is 36.7. The molecule has 3 aromatic heterocycles. The number of fused-ring (bicyclic) bond motifs is 10. The monoisotopic (exact) mass is 436 g/mol. The first-order chi connectivity index (χ1) is 16.8. The Balaban J connectivity index is 1.65. The van der Waals surface area contributed by atoms with E-state index in [9.17, 15) is 0 Å². The number of para-hydroxylation sites is 4. The highest BCUT2D eigenvalue weighted by Gasteiger charge is 2.21. The van der Waals surface area contributed by atoms with Gasteiger partial charge in [-0.1, -0.05) is 72.8 Å². The van der Waals surface area contributed by atoms with Crippen LogP contribution in [0.3, 0.4) is 0 Å². The summed E-state index contributed by atoms with van der Waals surface area (Å²) in [5.41, 5.74) is 7.78. The Kier molecular flexibility index (Phi) is 3.33. The van der Waals surface area contributed by atoms with E-state index in [1.807, 2.05) is 6.07 Å². The molecule has 34 heavy (non-hydrogen) atoms. The van der Waals surface area contributed by atoms with Gasteiger partial charge in [0.05, 0.1) is 22.2 Å². The summed E-state index contributed by atoms with van der Waals surface area (Å²) in [5.74, 6) is 0. The van der Waals surface area contributed by atoms with Gasteiger partial charge < -0.3 is 13.6 Å². The lowest BCUT2D eigenvalue weighted by atomic mass is 10.1. The van der Waals surface area contributed by atoms with Gasteiger partial charge in [0.25, 0.3) is 0 Å². The van der Waals surface area contributed by atoms with Gasteiger partial charge in [0, 0.05) is 44.9 Å². The van der Waals surface area contributed by atoms with Crippen LogP contribution in [0.4, 0.5) is 0 Å². The molecule has 5 aromatic carbocycles. The fourth-order valence-electron chi connectivity index (χ4n) is 5.88. The van der Waals surface area contributed by atoms with Crippen molar-refractivity contribution >= 4 is 65.6 Å². The summed E-state index contributed by atoms with van der Waals surface area (Å²) < 4.78 is 11.2. The van der Waals surface area contributed by atoms with Gasteiger partial charge in [0.15, 0.2) is 5.58 Å². The number of aryl methyl sites for hydroxylation is 1. The predicted octanol–water partition coefficient (Wildman–Crippen LogP) is 8.33. The minimum atomic E-state index is 0.921. The molecule has 8 aromatic rings. The van der Waals surface area contributed by atoms with Crippen LogP contribution >= 0.6 is 0 Å². The molecule has 0 amide bonds. The van der Waals surface area contributed by atoms with Gasteiger partial charge in [-0.15, -0.1) is 0 Å². The Hall–Kier alpha value is -4.50. The molecule has 0 radical (unpaired) electrons. The highest BCUT2D eigenvalue weighted by Crippen LogP contribution is 2.42. The first-order valence-corrected chi connectivity index (χ1v) is 11.6. The fourth-order valence-corrected chi connectivity index (χ4v) is 5.88. The summed E-state index contributed by atoms with van der Waals surface area (Å²) in [6.45, 7) is 0.